The molecule has 80 valence electrons. The van der Waals surface area contributed by atoms with E-state index in [1.165, 1.54) is 20.0 Å². The van der Waals surface area contributed by atoms with E-state index in [-0.39, 0.29) is 6.09 Å². The first-order chi connectivity index (χ1) is 6.70. The molecule has 1 amide bonds. The Morgan fingerprint density at radius 2 is 2.14 bits per heavy atom. The number of nitrogens with one attached hydrogen (secondary N) is 1. The Balaban J connectivity index is 1.85. The molecule has 1 N–H and O–H groups in total. The summed E-state index contributed by atoms with van der Waals surface area (Å²) in [7, 11) is 1.44. The van der Waals surface area contributed by atoms with Crippen LogP contribution in [0.25, 0.3) is 0 Å². The normalized spacial score (nSPS) is 32.0. The molecule has 2 atom stereocenters. The highest BCUT2D eigenvalue weighted by molar-refractivity contribution is 5.68. The molecule has 0 bridgehead atoms. The number of ether oxygens (including phenoxy) is 1. The van der Waals surface area contributed by atoms with Gasteiger partial charge < -0.3 is 15.0 Å². The zero-order valence-corrected chi connectivity index (χ0v) is 8.82. The average Bonchev–Trinajstić information content (AvgIpc) is 2.89. The summed E-state index contributed by atoms with van der Waals surface area (Å²) in [5, 5.41) is 3.54. The molecule has 0 spiro atoms. The SMILES string of the molecule is COC(=O)N1CC(NC2CC2)CC1C. The Bertz CT molecular complexity index is 228. The predicted molar refractivity (Wildman–Crippen MR) is 53.1 cm³/mol. The second-order valence-corrected chi connectivity index (χ2v) is 4.34. The van der Waals surface area contributed by atoms with Gasteiger partial charge in [0, 0.05) is 24.7 Å². The molecule has 1 saturated heterocycles. The third kappa shape index (κ3) is 2.00. The van der Waals surface area contributed by atoms with Gasteiger partial charge in [-0.05, 0) is 26.2 Å². The van der Waals surface area contributed by atoms with Crippen molar-refractivity contribution in [2.75, 3.05) is 13.7 Å². The summed E-state index contributed by atoms with van der Waals surface area (Å²) in [5.74, 6) is 0. The van der Waals surface area contributed by atoms with Gasteiger partial charge >= 0.3 is 6.09 Å². The van der Waals surface area contributed by atoms with Gasteiger partial charge in [-0.15, -0.1) is 0 Å². The highest BCUT2D eigenvalue weighted by Crippen LogP contribution is 2.24. The fourth-order valence-corrected chi connectivity index (χ4v) is 2.11. The molecule has 0 aromatic carbocycles. The molecule has 4 nitrogen and oxygen atoms in total. The molecule has 0 aromatic rings. The van der Waals surface area contributed by atoms with E-state index >= 15 is 0 Å². The second kappa shape index (κ2) is 3.77. The molecule has 14 heavy (non-hydrogen) atoms. The zero-order chi connectivity index (χ0) is 10.1. The maximum atomic E-state index is 11.3. The smallest absolute Gasteiger partial charge is 0.409 e. The van der Waals surface area contributed by atoms with E-state index in [0.717, 1.165) is 13.0 Å². The standard InChI is InChI=1S/C10H18N2O2/c1-7-5-9(11-8-3-4-8)6-12(7)10(13)14-2/h7-9,11H,3-6H2,1-2H3. The number of hydrogen-bond donors (Lipinski definition) is 1. The predicted octanol–water partition coefficient (Wildman–Crippen LogP) is 0.968. The van der Waals surface area contributed by atoms with Crippen molar-refractivity contribution in [1.82, 2.24) is 10.2 Å². The molecule has 1 aliphatic heterocycles. The van der Waals surface area contributed by atoms with Gasteiger partial charge in [0.2, 0.25) is 0 Å². The summed E-state index contributed by atoms with van der Waals surface area (Å²) in [6.45, 7) is 2.87. The summed E-state index contributed by atoms with van der Waals surface area (Å²) < 4.78 is 4.73. The van der Waals surface area contributed by atoms with Gasteiger partial charge in [-0.2, -0.15) is 0 Å². The second-order valence-electron chi connectivity index (χ2n) is 4.34. The molecule has 1 heterocycles. The van der Waals surface area contributed by atoms with Crippen LogP contribution in [-0.2, 0) is 4.74 Å². The van der Waals surface area contributed by atoms with Crippen molar-refractivity contribution >= 4 is 6.09 Å². The Kier molecular flexibility index (Phi) is 2.63. The van der Waals surface area contributed by atoms with Gasteiger partial charge in [0.05, 0.1) is 7.11 Å². The summed E-state index contributed by atoms with van der Waals surface area (Å²) in [6, 6.07) is 1.49. The van der Waals surface area contributed by atoms with Crippen LogP contribution in [-0.4, -0.2) is 42.8 Å². The Morgan fingerprint density at radius 3 is 2.71 bits per heavy atom. The Morgan fingerprint density at radius 1 is 1.43 bits per heavy atom. The first-order valence-electron chi connectivity index (χ1n) is 5.31. The van der Waals surface area contributed by atoms with Crippen LogP contribution >= 0.6 is 0 Å². The lowest BCUT2D eigenvalue weighted by Crippen LogP contribution is -2.37. The largest absolute Gasteiger partial charge is 0.453 e. The number of hydrogen-bond acceptors (Lipinski definition) is 3. The van der Waals surface area contributed by atoms with Crippen molar-refractivity contribution in [3.8, 4) is 0 Å². The van der Waals surface area contributed by atoms with E-state index in [9.17, 15) is 4.79 Å². The fourth-order valence-electron chi connectivity index (χ4n) is 2.11. The molecule has 1 aliphatic carbocycles. The van der Waals surface area contributed by atoms with Crippen molar-refractivity contribution in [3.05, 3.63) is 0 Å². The van der Waals surface area contributed by atoms with Gasteiger partial charge in [-0.25, -0.2) is 4.79 Å². The summed E-state index contributed by atoms with van der Waals surface area (Å²) >= 11 is 0. The first-order valence-corrected chi connectivity index (χ1v) is 5.31. The fraction of sp³-hybridized carbons (Fsp3) is 0.900. The van der Waals surface area contributed by atoms with Crippen LogP contribution in [0.4, 0.5) is 4.79 Å². The molecule has 2 fully saturated rings. The third-order valence-electron chi connectivity index (χ3n) is 3.03. The summed E-state index contributed by atoms with van der Waals surface area (Å²) in [6.07, 6.45) is 3.44. The average molecular weight is 198 g/mol. The first kappa shape index (κ1) is 9.77. The molecular weight excluding hydrogens is 180 g/mol. The molecule has 2 unspecified atom stereocenters. The summed E-state index contributed by atoms with van der Waals surface area (Å²) in [4.78, 5) is 13.2. The molecule has 0 aromatic heterocycles. The number of rotatable bonds is 2. The van der Waals surface area contributed by atoms with E-state index < -0.39 is 0 Å². The highest BCUT2D eigenvalue weighted by atomic mass is 16.5. The quantitative estimate of drug-likeness (QED) is 0.718. The number of carbonyl (C=O) groups is 1. The number of likely N-dealkylation sites (tertiary alicyclic amines) is 1. The van der Waals surface area contributed by atoms with Gasteiger partial charge in [0.1, 0.15) is 0 Å². The maximum absolute atomic E-state index is 11.3. The van der Waals surface area contributed by atoms with E-state index in [4.69, 9.17) is 4.74 Å². The lowest BCUT2D eigenvalue weighted by Gasteiger charge is -2.19. The molecule has 2 aliphatic rings. The lowest BCUT2D eigenvalue weighted by molar-refractivity contribution is 0.121. The van der Waals surface area contributed by atoms with Crippen LogP contribution in [0.3, 0.4) is 0 Å². The number of carbonyl (C=O) groups excluding carboxylic acids is 1. The molecule has 1 saturated carbocycles. The van der Waals surface area contributed by atoms with Crippen LogP contribution in [0.5, 0.6) is 0 Å². The number of methoxy groups -OCH3 is 1. The van der Waals surface area contributed by atoms with Gasteiger partial charge in [0.15, 0.2) is 0 Å². The Hall–Kier alpha value is -0.770. The van der Waals surface area contributed by atoms with Crippen LogP contribution in [0, 0.1) is 0 Å². The van der Waals surface area contributed by atoms with Gasteiger partial charge in [-0.1, -0.05) is 0 Å². The van der Waals surface area contributed by atoms with Crippen LogP contribution in [0.1, 0.15) is 26.2 Å². The van der Waals surface area contributed by atoms with Crippen molar-refractivity contribution < 1.29 is 9.53 Å². The van der Waals surface area contributed by atoms with Crippen molar-refractivity contribution in [2.24, 2.45) is 0 Å². The number of nitrogens with zero attached hydrogens (tertiary/aromatic N) is 1. The third-order valence-corrected chi connectivity index (χ3v) is 3.03. The van der Waals surface area contributed by atoms with Crippen LogP contribution in [0.2, 0.25) is 0 Å². The minimum absolute atomic E-state index is 0.197. The number of amides is 1. The maximum Gasteiger partial charge on any atom is 0.409 e. The van der Waals surface area contributed by atoms with Crippen LogP contribution in [0.15, 0.2) is 0 Å². The van der Waals surface area contributed by atoms with Crippen molar-refractivity contribution in [1.29, 1.82) is 0 Å². The van der Waals surface area contributed by atoms with E-state index in [0.29, 0.717) is 18.1 Å². The highest BCUT2D eigenvalue weighted by Gasteiger charge is 2.35. The topological polar surface area (TPSA) is 41.6 Å². The van der Waals surface area contributed by atoms with Crippen molar-refractivity contribution in [3.63, 3.8) is 0 Å². The monoisotopic (exact) mass is 198 g/mol. The van der Waals surface area contributed by atoms with Crippen molar-refractivity contribution in [2.45, 2.75) is 44.3 Å². The zero-order valence-electron chi connectivity index (χ0n) is 8.82. The molecule has 2 rings (SSSR count). The molecule has 4 heteroatoms. The molecule has 0 radical (unpaired) electrons. The molecular formula is C10H18N2O2. The van der Waals surface area contributed by atoms with E-state index in [1.807, 2.05) is 0 Å². The van der Waals surface area contributed by atoms with Crippen LogP contribution < -0.4 is 5.32 Å². The minimum Gasteiger partial charge on any atom is -0.453 e. The summed E-state index contributed by atoms with van der Waals surface area (Å²) in [5.41, 5.74) is 0. The Labute approximate surface area is 84.6 Å². The van der Waals surface area contributed by atoms with E-state index in [2.05, 4.69) is 12.2 Å². The van der Waals surface area contributed by atoms with Gasteiger partial charge in [0.25, 0.3) is 0 Å². The lowest BCUT2D eigenvalue weighted by atomic mass is 10.2. The minimum atomic E-state index is -0.197. The van der Waals surface area contributed by atoms with E-state index in [1.54, 1.807) is 4.90 Å². The van der Waals surface area contributed by atoms with Gasteiger partial charge in [-0.3, -0.25) is 0 Å².